The second-order valence-corrected chi connectivity index (χ2v) is 6.55. The van der Waals surface area contributed by atoms with E-state index in [-0.39, 0.29) is 23.7 Å². The Bertz CT molecular complexity index is 1000. The third kappa shape index (κ3) is 4.57. The number of rotatable bonds is 7. The van der Waals surface area contributed by atoms with E-state index in [1.54, 1.807) is 0 Å². The van der Waals surface area contributed by atoms with Crippen LogP contribution in [0.1, 0.15) is 23.1 Å². The van der Waals surface area contributed by atoms with E-state index in [9.17, 15) is 19.7 Å². The highest BCUT2D eigenvalue weighted by Crippen LogP contribution is 2.22. The van der Waals surface area contributed by atoms with Gasteiger partial charge in [-0.15, -0.1) is 11.3 Å². The van der Waals surface area contributed by atoms with E-state index in [1.807, 2.05) is 17.5 Å². The number of nitro groups is 1. The average molecular weight is 402 g/mol. The Hall–Kier alpha value is -3.60. The van der Waals surface area contributed by atoms with Crippen molar-refractivity contribution < 1.29 is 23.8 Å². The van der Waals surface area contributed by atoms with Gasteiger partial charge in [0.15, 0.2) is 6.61 Å². The van der Waals surface area contributed by atoms with Crippen molar-refractivity contribution in [1.82, 2.24) is 15.5 Å². The molecule has 0 spiro atoms. The first kappa shape index (κ1) is 19.2. The Morgan fingerprint density at radius 3 is 2.89 bits per heavy atom. The summed E-state index contributed by atoms with van der Waals surface area (Å²) in [5, 5.41) is 18.8. The Morgan fingerprint density at radius 1 is 1.36 bits per heavy atom. The number of ether oxygens (including phenoxy) is 1. The summed E-state index contributed by atoms with van der Waals surface area (Å²) in [6.07, 6.45) is 0. The first-order chi connectivity index (χ1) is 13.4. The molecule has 1 amide bonds. The summed E-state index contributed by atoms with van der Waals surface area (Å²) in [5.74, 6) is -0.823. The molecular formula is C17H14N4O6S. The predicted molar refractivity (Wildman–Crippen MR) is 97.4 cm³/mol. The number of amides is 1. The van der Waals surface area contributed by atoms with Crippen LogP contribution in [0.4, 0.5) is 5.69 Å². The van der Waals surface area contributed by atoms with Crippen LogP contribution in [0.15, 0.2) is 46.3 Å². The quantitative estimate of drug-likeness (QED) is 0.361. The number of nitrogens with zero attached hydrogens (tertiary/aromatic N) is 3. The van der Waals surface area contributed by atoms with Crippen molar-refractivity contribution in [2.75, 3.05) is 0 Å². The van der Waals surface area contributed by atoms with E-state index >= 15 is 0 Å². The van der Waals surface area contributed by atoms with Crippen molar-refractivity contribution in [3.63, 3.8) is 0 Å². The zero-order chi connectivity index (χ0) is 20.1. The number of non-ortho nitro benzene ring substituents is 1. The molecule has 10 nitrogen and oxygen atoms in total. The predicted octanol–water partition coefficient (Wildman–Crippen LogP) is 2.57. The molecule has 1 atom stereocenters. The minimum absolute atomic E-state index is 0.0626. The molecule has 2 aromatic heterocycles. The van der Waals surface area contributed by atoms with Crippen LogP contribution in [-0.2, 0) is 16.1 Å². The molecule has 2 heterocycles. The van der Waals surface area contributed by atoms with Gasteiger partial charge in [-0.05, 0) is 24.4 Å². The Kier molecular flexibility index (Phi) is 5.75. The van der Waals surface area contributed by atoms with E-state index in [4.69, 9.17) is 9.26 Å². The summed E-state index contributed by atoms with van der Waals surface area (Å²) in [6.45, 7) is 1.22. The van der Waals surface area contributed by atoms with Crippen molar-refractivity contribution in [3.8, 4) is 10.8 Å². The van der Waals surface area contributed by atoms with Gasteiger partial charge in [0.05, 0.1) is 9.80 Å². The molecular weight excluding hydrogens is 388 g/mol. The number of carbonyl (C=O) groups excluding carboxylic acids is 2. The maximum Gasteiger partial charge on any atom is 0.328 e. The van der Waals surface area contributed by atoms with Crippen LogP contribution in [-0.4, -0.2) is 33.0 Å². The maximum absolute atomic E-state index is 12.2. The number of aromatic nitrogens is 2. The molecule has 11 heteroatoms. The van der Waals surface area contributed by atoms with Crippen molar-refractivity contribution >= 4 is 28.9 Å². The Morgan fingerprint density at radius 2 is 2.18 bits per heavy atom. The molecule has 0 saturated carbocycles. The normalized spacial score (nSPS) is 11.6. The molecule has 0 aliphatic carbocycles. The van der Waals surface area contributed by atoms with Crippen LogP contribution in [0.5, 0.6) is 0 Å². The van der Waals surface area contributed by atoms with Gasteiger partial charge in [0, 0.05) is 17.7 Å². The van der Waals surface area contributed by atoms with Gasteiger partial charge in [0.1, 0.15) is 6.04 Å². The summed E-state index contributed by atoms with van der Waals surface area (Å²) in [4.78, 5) is 39.3. The van der Waals surface area contributed by atoms with Crippen LogP contribution in [0.3, 0.4) is 0 Å². The topological polar surface area (TPSA) is 137 Å². The van der Waals surface area contributed by atoms with Crippen LogP contribution in [0, 0.1) is 10.1 Å². The van der Waals surface area contributed by atoms with Gasteiger partial charge in [-0.25, -0.2) is 4.79 Å². The van der Waals surface area contributed by atoms with Gasteiger partial charge in [-0.2, -0.15) is 4.98 Å². The number of hydrogen-bond acceptors (Lipinski definition) is 9. The number of thiophene rings is 1. The van der Waals surface area contributed by atoms with Gasteiger partial charge < -0.3 is 14.6 Å². The summed E-state index contributed by atoms with van der Waals surface area (Å²) in [7, 11) is 0. The second-order valence-electron chi connectivity index (χ2n) is 5.60. The number of carbonyl (C=O) groups is 2. The Balaban J connectivity index is 1.54. The molecule has 0 aliphatic rings. The summed E-state index contributed by atoms with van der Waals surface area (Å²) >= 11 is 1.43. The van der Waals surface area contributed by atoms with Crippen LogP contribution in [0.2, 0.25) is 0 Å². The Labute approximate surface area is 162 Å². The lowest BCUT2D eigenvalue weighted by Crippen LogP contribution is -2.39. The molecule has 28 heavy (non-hydrogen) atoms. The average Bonchev–Trinajstić information content (AvgIpc) is 3.37. The molecule has 3 aromatic rings. The second kappa shape index (κ2) is 8.39. The molecule has 0 unspecified atom stereocenters. The van der Waals surface area contributed by atoms with Gasteiger partial charge in [0.25, 0.3) is 17.5 Å². The fourth-order valence-electron chi connectivity index (χ4n) is 2.17. The minimum atomic E-state index is -0.976. The lowest BCUT2D eigenvalue weighted by atomic mass is 10.2. The van der Waals surface area contributed by atoms with E-state index in [1.165, 1.54) is 36.5 Å². The molecule has 0 radical (unpaired) electrons. The minimum Gasteiger partial charge on any atom is -0.456 e. The molecule has 3 rings (SSSR count). The van der Waals surface area contributed by atoms with Crippen molar-refractivity contribution in [1.29, 1.82) is 0 Å². The van der Waals surface area contributed by atoms with Gasteiger partial charge in [-0.3, -0.25) is 14.9 Å². The van der Waals surface area contributed by atoms with Gasteiger partial charge in [0.2, 0.25) is 5.82 Å². The molecule has 1 aromatic carbocycles. The number of nitrogens with one attached hydrogen (secondary N) is 1. The van der Waals surface area contributed by atoms with Crippen molar-refractivity contribution in [2.24, 2.45) is 0 Å². The zero-order valence-corrected chi connectivity index (χ0v) is 15.3. The summed E-state index contributed by atoms with van der Waals surface area (Å²) in [6, 6.07) is 7.87. The van der Waals surface area contributed by atoms with Gasteiger partial charge in [-0.1, -0.05) is 17.3 Å². The molecule has 1 N–H and O–H groups in total. The van der Waals surface area contributed by atoms with Crippen molar-refractivity contribution in [2.45, 2.75) is 19.6 Å². The standard InChI is InChI=1S/C17H14N4O6S/c1-10(18-15(22)11-4-2-5-12(8-11)21(24)25)17(23)26-9-14-19-16(27-20-14)13-6-3-7-28-13/h2-8,10H,9H2,1H3,(H,18,22)/t10-/m0/s1. The lowest BCUT2D eigenvalue weighted by Gasteiger charge is -2.12. The molecule has 0 bridgehead atoms. The highest BCUT2D eigenvalue weighted by Gasteiger charge is 2.20. The van der Waals surface area contributed by atoms with Gasteiger partial charge >= 0.3 is 5.97 Å². The fraction of sp³-hybridized carbons (Fsp3) is 0.176. The third-order valence-electron chi connectivity index (χ3n) is 3.56. The van der Waals surface area contributed by atoms with E-state index in [2.05, 4.69) is 15.5 Å². The van der Waals surface area contributed by atoms with E-state index in [0.717, 1.165) is 10.9 Å². The van der Waals surface area contributed by atoms with Crippen molar-refractivity contribution in [3.05, 3.63) is 63.3 Å². The molecule has 144 valence electrons. The smallest absolute Gasteiger partial charge is 0.328 e. The summed E-state index contributed by atoms with van der Waals surface area (Å²) < 4.78 is 10.2. The van der Waals surface area contributed by atoms with E-state index in [0.29, 0.717) is 5.89 Å². The molecule has 0 fully saturated rings. The first-order valence-electron chi connectivity index (χ1n) is 8.02. The highest BCUT2D eigenvalue weighted by atomic mass is 32.1. The lowest BCUT2D eigenvalue weighted by molar-refractivity contribution is -0.384. The molecule has 0 saturated heterocycles. The highest BCUT2D eigenvalue weighted by molar-refractivity contribution is 7.13. The monoisotopic (exact) mass is 402 g/mol. The third-order valence-corrected chi connectivity index (χ3v) is 4.42. The fourth-order valence-corrected chi connectivity index (χ4v) is 2.82. The van der Waals surface area contributed by atoms with E-state index < -0.39 is 22.8 Å². The van der Waals surface area contributed by atoms with Crippen LogP contribution < -0.4 is 5.32 Å². The maximum atomic E-state index is 12.2. The SMILES string of the molecule is C[C@H](NC(=O)c1cccc([N+](=O)[O-])c1)C(=O)OCc1noc(-c2cccs2)n1. The van der Waals surface area contributed by atoms with Crippen LogP contribution in [0.25, 0.3) is 10.8 Å². The largest absolute Gasteiger partial charge is 0.456 e. The number of benzene rings is 1. The zero-order valence-electron chi connectivity index (χ0n) is 14.5. The van der Waals surface area contributed by atoms with Crippen LogP contribution >= 0.6 is 11.3 Å². The summed E-state index contributed by atoms with van der Waals surface area (Å²) in [5.41, 5.74) is -0.158. The number of hydrogen-bond donors (Lipinski definition) is 1. The molecule has 0 aliphatic heterocycles. The number of nitro benzene ring substituents is 1. The number of esters is 1. The first-order valence-corrected chi connectivity index (χ1v) is 8.90.